The molecular formula is C22H22FNO2. The van der Waals surface area contributed by atoms with E-state index in [2.05, 4.69) is 5.32 Å². The van der Waals surface area contributed by atoms with Gasteiger partial charge in [0.05, 0.1) is 6.61 Å². The Morgan fingerprint density at radius 2 is 1.58 bits per heavy atom. The van der Waals surface area contributed by atoms with E-state index in [1.165, 1.54) is 12.1 Å². The number of ether oxygens (including phenoxy) is 2. The molecule has 3 rings (SSSR count). The van der Waals surface area contributed by atoms with Crippen LogP contribution < -0.4 is 14.8 Å². The van der Waals surface area contributed by atoms with Crippen molar-refractivity contribution in [2.24, 2.45) is 0 Å². The normalized spacial score (nSPS) is 10.4. The van der Waals surface area contributed by atoms with Crippen LogP contribution in [0.25, 0.3) is 0 Å². The summed E-state index contributed by atoms with van der Waals surface area (Å²) < 4.78 is 24.6. The van der Waals surface area contributed by atoms with Crippen LogP contribution in [0.2, 0.25) is 0 Å². The van der Waals surface area contributed by atoms with Gasteiger partial charge in [0.1, 0.15) is 12.4 Å². The zero-order valence-corrected chi connectivity index (χ0v) is 14.7. The second-order valence-corrected chi connectivity index (χ2v) is 5.85. The SMILES string of the molecule is CCOc1cc(CNc2ccc(F)cc2)ccc1OCc1ccccc1. The van der Waals surface area contributed by atoms with Crippen molar-refractivity contribution in [1.82, 2.24) is 0 Å². The first kappa shape index (κ1) is 17.8. The lowest BCUT2D eigenvalue weighted by Crippen LogP contribution is -2.03. The molecule has 3 aromatic carbocycles. The van der Waals surface area contributed by atoms with Crippen LogP contribution in [-0.4, -0.2) is 6.61 Å². The van der Waals surface area contributed by atoms with Crippen LogP contribution in [0, 0.1) is 5.82 Å². The molecule has 134 valence electrons. The van der Waals surface area contributed by atoms with Crippen molar-refractivity contribution in [2.45, 2.75) is 20.1 Å². The smallest absolute Gasteiger partial charge is 0.161 e. The monoisotopic (exact) mass is 351 g/mol. The number of benzene rings is 3. The van der Waals surface area contributed by atoms with Crippen LogP contribution in [0.4, 0.5) is 10.1 Å². The Kier molecular flexibility index (Phi) is 6.09. The minimum atomic E-state index is -0.242. The molecule has 3 aromatic rings. The third-order valence-corrected chi connectivity index (χ3v) is 3.89. The summed E-state index contributed by atoms with van der Waals surface area (Å²) in [6.45, 7) is 3.62. The lowest BCUT2D eigenvalue weighted by molar-refractivity contribution is 0.269. The Morgan fingerprint density at radius 3 is 2.31 bits per heavy atom. The van der Waals surface area contributed by atoms with Gasteiger partial charge < -0.3 is 14.8 Å². The maximum absolute atomic E-state index is 13.0. The summed E-state index contributed by atoms with van der Waals surface area (Å²) in [5.41, 5.74) is 3.04. The number of hydrogen-bond donors (Lipinski definition) is 1. The highest BCUT2D eigenvalue weighted by Crippen LogP contribution is 2.29. The summed E-state index contributed by atoms with van der Waals surface area (Å²) in [6.07, 6.45) is 0. The van der Waals surface area contributed by atoms with Crippen molar-refractivity contribution >= 4 is 5.69 Å². The van der Waals surface area contributed by atoms with Crippen LogP contribution in [0.3, 0.4) is 0 Å². The standard InChI is InChI=1S/C22H22FNO2/c1-2-25-22-14-18(15-24-20-11-9-19(23)10-12-20)8-13-21(22)26-16-17-6-4-3-5-7-17/h3-14,24H,2,15-16H2,1H3. The van der Waals surface area contributed by atoms with E-state index >= 15 is 0 Å². The van der Waals surface area contributed by atoms with Crippen LogP contribution in [-0.2, 0) is 13.2 Å². The van der Waals surface area contributed by atoms with Crippen molar-refractivity contribution in [3.8, 4) is 11.5 Å². The molecule has 0 aromatic heterocycles. The molecule has 0 heterocycles. The minimum Gasteiger partial charge on any atom is -0.490 e. The number of hydrogen-bond acceptors (Lipinski definition) is 3. The van der Waals surface area contributed by atoms with Crippen LogP contribution in [0.1, 0.15) is 18.1 Å². The molecular weight excluding hydrogens is 329 g/mol. The summed E-state index contributed by atoms with van der Waals surface area (Å²) >= 11 is 0. The molecule has 0 fully saturated rings. The van der Waals surface area contributed by atoms with Gasteiger partial charge in [0.2, 0.25) is 0 Å². The Bertz CT molecular complexity index is 819. The number of rotatable bonds is 8. The third-order valence-electron chi connectivity index (χ3n) is 3.89. The highest BCUT2D eigenvalue weighted by Gasteiger charge is 2.07. The van der Waals surface area contributed by atoms with E-state index in [1.807, 2.05) is 55.5 Å². The molecule has 26 heavy (non-hydrogen) atoms. The highest BCUT2D eigenvalue weighted by molar-refractivity contribution is 5.47. The van der Waals surface area contributed by atoms with Crippen molar-refractivity contribution in [3.63, 3.8) is 0 Å². The summed E-state index contributed by atoms with van der Waals surface area (Å²) in [7, 11) is 0. The van der Waals surface area contributed by atoms with Gasteiger partial charge in [-0.3, -0.25) is 0 Å². The Balaban J connectivity index is 1.66. The van der Waals surface area contributed by atoms with E-state index in [-0.39, 0.29) is 5.82 Å². The maximum atomic E-state index is 13.0. The van der Waals surface area contributed by atoms with Crippen LogP contribution >= 0.6 is 0 Å². The zero-order valence-electron chi connectivity index (χ0n) is 14.7. The van der Waals surface area contributed by atoms with E-state index in [1.54, 1.807) is 12.1 Å². The topological polar surface area (TPSA) is 30.5 Å². The molecule has 0 radical (unpaired) electrons. The largest absolute Gasteiger partial charge is 0.490 e. The quantitative estimate of drug-likeness (QED) is 0.588. The van der Waals surface area contributed by atoms with E-state index in [0.29, 0.717) is 19.8 Å². The van der Waals surface area contributed by atoms with Gasteiger partial charge in [-0.1, -0.05) is 36.4 Å². The Labute approximate surface area is 153 Å². The van der Waals surface area contributed by atoms with E-state index in [4.69, 9.17) is 9.47 Å². The van der Waals surface area contributed by atoms with Crippen molar-refractivity contribution in [2.75, 3.05) is 11.9 Å². The highest BCUT2D eigenvalue weighted by atomic mass is 19.1. The van der Waals surface area contributed by atoms with E-state index in [9.17, 15) is 4.39 Å². The molecule has 0 spiro atoms. The first-order chi connectivity index (χ1) is 12.7. The van der Waals surface area contributed by atoms with Crippen LogP contribution in [0.5, 0.6) is 11.5 Å². The molecule has 0 atom stereocenters. The van der Waals surface area contributed by atoms with Crippen molar-refractivity contribution < 1.29 is 13.9 Å². The van der Waals surface area contributed by atoms with Gasteiger partial charge in [-0.2, -0.15) is 0 Å². The fraction of sp³-hybridized carbons (Fsp3) is 0.182. The number of halogens is 1. The van der Waals surface area contributed by atoms with Crippen molar-refractivity contribution in [1.29, 1.82) is 0 Å². The minimum absolute atomic E-state index is 0.242. The molecule has 0 amide bonds. The number of nitrogens with one attached hydrogen (secondary N) is 1. The first-order valence-corrected chi connectivity index (χ1v) is 8.66. The van der Waals surface area contributed by atoms with Gasteiger partial charge in [-0.15, -0.1) is 0 Å². The second-order valence-electron chi connectivity index (χ2n) is 5.85. The average Bonchev–Trinajstić information content (AvgIpc) is 2.68. The predicted octanol–water partition coefficient (Wildman–Crippen LogP) is 5.42. The lowest BCUT2D eigenvalue weighted by atomic mass is 10.2. The molecule has 1 N–H and O–H groups in total. The molecule has 0 aliphatic heterocycles. The second kappa shape index (κ2) is 8.90. The molecule has 0 aliphatic carbocycles. The molecule has 3 nitrogen and oxygen atoms in total. The van der Waals surface area contributed by atoms with Gasteiger partial charge in [0.25, 0.3) is 0 Å². The summed E-state index contributed by atoms with van der Waals surface area (Å²) in [5.74, 6) is 1.21. The molecule has 0 bridgehead atoms. The van der Waals surface area contributed by atoms with E-state index in [0.717, 1.165) is 28.3 Å². The molecule has 0 unspecified atom stereocenters. The molecule has 4 heteroatoms. The Morgan fingerprint density at radius 1 is 0.808 bits per heavy atom. The van der Waals surface area contributed by atoms with Crippen molar-refractivity contribution in [3.05, 3.63) is 89.7 Å². The lowest BCUT2D eigenvalue weighted by Gasteiger charge is -2.14. The summed E-state index contributed by atoms with van der Waals surface area (Å²) in [5, 5.41) is 3.27. The van der Waals surface area contributed by atoms with Gasteiger partial charge in [0, 0.05) is 12.2 Å². The van der Waals surface area contributed by atoms with E-state index < -0.39 is 0 Å². The maximum Gasteiger partial charge on any atom is 0.161 e. The predicted molar refractivity (Wildman–Crippen MR) is 102 cm³/mol. The van der Waals surface area contributed by atoms with Gasteiger partial charge in [0.15, 0.2) is 11.5 Å². The molecule has 0 aliphatic rings. The number of anilines is 1. The third kappa shape index (κ3) is 4.99. The fourth-order valence-corrected chi connectivity index (χ4v) is 2.56. The molecule has 0 saturated carbocycles. The Hall–Kier alpha value is -3.01. The molecule has 0 saturated heterocycles. The zero-order chi connectivity index (χ0) is 18.2. The van der Waals surface area contributed by atoms with Crippen LogP contribution in [0.15, 0.2) is 72.8 Å². The first-order valence-electron chi connectivity index (χ1n) is 8.66. The van der Waals surface area contributed by atoms with Gasteiger partial charge >= 0.3 is 0 Å². The van der Waals surface area contributed by atoms with Gasteiger partial charge in [-0.05, 0) is 54.4 Å². The summed E-state index contributed by atoms with van der Waals surface area (Å²) in [6, 6.07) is 22.2. The summed E-state index contributed by atoms with van der Waals surface area (Å²) in [4.78, 5) is 0. The van der Waals surface area contributed by atoms with Gasteiger partial charge in [-0.25, -0.2) is 4.39 Å². The fourth-order valence-electron chi connectivity index (χ4n) is 2.56. The average molecular weight is 351 g/mol.